The van der Waals surface area contributed by atoms with E-state index in [0.29, 0.717) is 12.3 Å². The molecule has 1 unspecified atom stereocenters. The van der Waals surface area contributed by atoms with Crippen molar-refractivity contribution in [1.29, 1.82) is 0 Å². The highest BCUT2D eigenvalue weighted by atomic mass is 16.4. The van der Waals surface area contributed by atoms with Crippen molar-refractivity contribution in [2.45, 2.75) is 44.6 Å². The van der Waals surface area contributed by atoms with Crippen LogP contribution in [0.3, 0.4) is 0 Å². The zero-order chi connectivity index (χ0) is 14.5. The predicted octanol–water partition coefficient (Wildman–Crippen LogP) is 2.65. The van der Waals surface area contributed by atoms with Crippen LogP contribution in [-0.2, 0) is 9.59 Å². The van der Waals surface area contributed by atoms with Crippen LogP contribution in [0.15, 0.2) is 30.3 Å². The molecule has 1 aromatic carbocycles. The molecule has 4 nitrogen and oxygen atoms in total. The summed E-state index contributed by atoms with van der Waals surface area (Å²) in [7, 11) is 0. The van der Waals surface area contributed by atoms with Crippen LogP contribution in [0.5, 0.6) is 0 Å². The Hall–Kier alpha value is -1.84. The monoisotopic (exact) mass is 275 g/mol. The minimum absolute atomic E-state index is 0.0299. The van der Waals surface area contributed by atoms with Crippen molar-refractivity contribution in [3.8, 4) is 0 Å². The Kier molecular flexibility index (Phi) is 4.77. The molecule has 4 heteroatoms. The smallest absolute Gasteiger partial charge is 0.323 e. The van der Waals surface area contributed by atoms with Crippen LogP contribution in [0.1, 0.15) is 44.1 Å². The number of carbonyl (C=O) groups is 2. The van der Waals surface area contributed by atoms with Gasteiger partial charge in [0.15, 0.2) is 0 Å². The van der Waals surface area contributed by atoms with Crippen LogP contribution >= 0.6 is 0 Å². The molecule has 2 rings (SSSR count). The summed E-state index contributed by atoms with van der Waals surface area (Å²) in [6.45, 7) is 1.94. The Bertz CT molecular complexity index is 468. The lowest BCUT2D eigenvalue weighted by Gasteiger charge is -2.21. The van der Waals surface area contributed by atoms with E-state index in [1.54, 1.807) is 0 Å². The van der Waals surface area contributed by atoms with Gasteiger partial charge in [0.1, 0.15) is 6.54 Å². The van der Waals surface area contributed by atoms with Crippen LogP contribution < -0.4 is 0 Å². The lowest BCUT2D eigenvalue weighted by atomic mass is 9.96. The molecule has 1 amide bonds. The maximum Gasteiger partial charge on any atom is 0.323 e. The number of carbonyl (C=O) groups excluding carboxylic acids is 1. The maximum atomic E-state index is 12.2. The molecule has 0 saturated heterocycles. The van der Waals surface area contributed by atoms with Gasteiger partial charge in [0.2, 0.25) is 5.91 Å². The Morgan fingerprint density at radius 2 is 1.95 bits per heavy atom. The molecule has 1 saturated carbocycles. The molecular weight excluding hydrogens is 254 g/mol. The highest BCUT2D eigenvalue weighted by Crippen LogP contribution is 2.28. The molecule has 1 N–H and O–H groups in total. The van der Waals surface area contributed by atoms with Gasteiger partial charge in [-0.1, -0.05) is 37.3 Å². The van der Waals surface area contributed by atoms with Crippen LogP contribution in [0.2, 0.25) is 0 Å². The molecule has 1 aliphatic carbocycles. The molecule has 0 aromatic heterocycles. The number of aliphatic carboxylic acids is 1. The molecule has 1 aromatic rings. The summed E-state index contributed by atoms with van der Waals surface area (Å²) in [4.78, 5) is 24.5. The van der Waals surface area contributed by atoms with Crippen molar-refractivity contribution in [2.75, 3.05) is 6.54 Å². The standard InChI is InChI=1S/C16H21NO3/c1-12(13-5-3-2-4-6-13)7-10-15(18)17(11-16(19)20)14-8-9-14/h2-6,12,14H,7-11H2,1H3,(H,19,20). The van der Waals surface area contributed by atoms with Gasteiger partial charge in [0.05, 0.1) is 0 Å². The van der Waals surface area contributed by atoms with Crippen molar-refractivity contribution in [2.24, 2.45) is 0 Å². The minimum atomic E-state index is -0.929. The third-order valence-corrected chi connectivity index (χ3v) is 3.77. The molecule has 0 radical (unpaired) electrons. The fraction of sp³-hybridized carbons (Fsp3) is 0.500. The van der Waals surface area contributed by atoms with Gasteiger partial charge in [-0.05, 0) is 30.7 Å². The molecule has 0 bridgehead atoms. The lowest BCUT2D eigenvalue weighted by Crippen LogP contribution is -2.37. The summed E-state index contributed by atoms with van der Waals surface area (Å²) in [6.07, 6.45) is 3.05. The van der Waals surface area contributed by atoms with E-state index in [4.69, 9.17) is 5.11 Å². The van der Waals surface area contributed by atoms with Crippen molar-refractivity contribution >= 4 is 11.9 Å². The van der Waals surface area contributed by atoms with Crippen molar-refractivity contribution in [1.82, 2.24) is 4.90 Å². The minimum Gasteiger partial charge on any atom is -0.480 e. The normalized spacial score (nSPS) is 15.7. The quantitative estimate of drug-likeness (QED) is 0.832. The first-order valence-corrected chi connectivity index (χ1v) is 7.14. The predicted molar refractivity (Wildman–Crippen MR) is 76.5 cm³/mol. The average molecular weight is 275 g/mol. The third-order valence-electron chi connectivity index (χ3n) is 3.77. The van der Waals surface area contributed by atoms with E-state index in [9.17, 15) is 9.59 Å². The summed E-state index contributed by atoms with van der Waals surface area (Å²) in [5.41, 5.74) is 1.22. The van der Waals surface area contributed by atoms with Crippen molar-refractivity contribution in [3.05, 3.63) is 35.9 Å². The van der Waals surface area contributed by atoms with Crippen LogP contribution in [0.25, 0.3) is 0 Å². The number of carboxylic acids is 1. The Morgan fingerprint density at radius 1 is 1.30 bits per heavy atom. The summed E-state index contributed by atoms with van der Waals surface area (Å²) in [6, 6.07) is 10.2. The van der Waals surface area contributed by atoms with Gasteiger partial charge in [-0.2, -0.15) is 0 Å². The van der Waals surface area contributed by atoms with E-state index in [1.165, 1.54) is 10.5 Å². The summed E-state index contributed by atoms with van der Waals surface area (Å²) in [5, 5.41) is 8.87. The van der Waals surface area contributed by atoms with E-state index in [0.717, 1.165) is 19.3 Å². The summed E-state index contributed by atoms with van der Waals surface area (Å²) >= 11 is 0. The van der Waals surface area contributed by atoms with Gasteiger partial charge in [0.25, 0.3) is 0 Å². The number of amides is 1. The van der Waals surface area contributed by atoms with Gasteiger partial charge in [-0.25, -0.2) is 0 Å². The number of benzene rings is 1. The number of nitrogens with zero attached hydrogens (tertiary/aromatic N) is 1. The number of hydrogen-bond acceptors (Lipinski definition) is 2. The van der Waals surface area contributed by atoms with E-state index < -0.39 is 5.97 Å². The second-order valence-corrected chi connectivity index (χ2v) is 5.50. The second-order valence-electron chi connectivity index (χ2n) is 5.50. The van der Waals surface area contributed by atoms with Crippen LogP contribution in [0, 0.1) is 0 Å². The molecule has 0 heterocycles. The Balaban J connectivity index is 1.85. The molecule has 1 atom stereocenters. The van der Waals surface area contributed by atoms with Gasteiger partial charge in [-0.15, -0.1) is 0 Å². The molecular formula is C16H21NO3. The molecule has 1 aliphatic rings. The molecule has 0 aliphatic heterocycles. The Morgan fingerprint density at radius 3 is 2.50 bits per heavy atom. The first-order chi connectivity index (χ1) is 9.58. The number of hydrogen-bond donors (Lipinski definition) is 1. The Labute approximate surface area is 119 Å². The van der Waals surface area contributed by atoms with E-state index >= 15 is 0 Å². The first-order valence-electron chi connectivity index (χ1n) is 7.14. The zero-order valence-corrected chi connectivity index (χ0v) is 11.8. The van der Waals surface area contributed by atoms with Crippen LogP contribution in [-0.4, -0.2) is 34.5 Å². The van der Waals surface area contributed by atoms with E-state index in [1.807, 2.05) is 18.2 Å². The molecule has 20 heavy (non-hydrogen) atoms. The lowest BCUT2D eigenvalue weighted by molar-refractivity contribution is -0.145. The average Bonchev–Trinajstić information content (AvgIpc) is 3.27. The number of carboxylic acid groups (broad SMARTS) is 1. The van der Waals surface area contributed by atoms with Gasteiger partial charge < -0.3 is 10.0 Å². The second kappa shape index (κ2) is 6.55. The summed E-state index contributed by atoms with van der Waals surface area (Å²) in [5.74, 6) is -0.648. The fourth-order valence-electron chi connectivity index (χ4n) is 2.38. The van der Waals surface area contributed by atoms with Crippen molar-refractivity contribution < 1.29 is 14.7 Å². The topological polar surface area (TPSA) is 57.6 Å². The highest BCUT2D eigenvalue weighted by molar-refractivity contribution is 5.82. The maximum absolute atomic E-state index is 12.2. The summed E-state index contributed by atoms with van der Waals surface area (Å²) < 4.78 is 0. The van der Waals surface area contributed by atoms with Crippen molar-refractivity contribution in [3.63, 3.8) is 0 Å². The third kappa shape index (κ3) is 4.08. The molecule has 1 fully saturated rings. The van der Waals surface area contributed by atoms with Gasteiger partial charge in [0, 0.05) is 12.5 Å². The fourth-order valence-corrected chi connectivity index (χ4v) is 2.38. The van der Waals surface area contributed by atoms with E-state index in [2.05, 4.69) is 19.1 Å². The first kappa shape index (κ1) is 14.6. The number of rotatable bonds is 7. The van der Waals surface area contributed by atoms with Gasteiger partial charge >= 0.3 is 5.97 Å². The highest BCUT2D eigenvalue weighted by Gasteiger charge is 2.33. The largest absolute Gasteiger partial charge is 0.480 e. The van der Waals surface area contributed by atoms with Gasteiger partial charge in [-0.3, -0.25) is 9.59 Å². The molecule has 108 valence electrons. The molecule has 0 spiro atoms. The SMILES string of the molecule is CC(CCC(=O)N(CC(=O)O)C1CC1)c1ccccc1. The zero-order valence-electron chi connectivity index (χ0n) is 11.8. The van der Waals surface area contributed by atoms with E-state index in [-0.39, 0.29) is 18.5 Å². The van der Waals surface area contributed by atoms with Crippen LogP contribution in [0.4, 0.5) is 0 Å².